The smallest absolute Gasteiger partial charge is 0.276 e. The van der Waals surface area contributed by atoms with Crippen molar-refractivity contribution in [1.29, 1.82) is 0 Å². The van der Waals surface area contributed by atoms with Crippen molar-refractivity contribution >= 4 is 5.91 Å². The minimum atomic E-state index is -0.669. The zero-order chi connectivity index (χ0) is 18.0. The van der Waals surface area contributed by atoms with Crippen LogP contribution in [0.1, 0.15) is 21.6 Å². The third-order valence-electron chi connectivity index (χ3n) is 3.66. The second kappa shape index (κ2) is 6.80. The average Bonchev–Trinajstić information content (AvgIpc) is 3.19. The van der Waals surface area contributed by atoms with E-state index in [4.69, 9.17) is 0 Å². The SMILES string of the molecule is CN(Cc1cnn(C)c1)C(=O)c1cn(Cc2c(F)cccc2F)nn1. The molecule has 2 heterocycles. The number of carbonyl (C=O) groups is 1. The number of rotatable bonds is 5. The van der Waals surface area contributed by atoms with Crippen molar-refractivity contribution in [2.24, 2.45) is 7.05 Å². The standard InChI is InChI=1S/C16H16F2N6O/c1-22(7-11-6-19-23(2)8-11)16(25)15-10-24(21-20-15)9-12-13(17)4-3-5-14(12)18/h3-6,8,10H,7,9H2,1-2H3. The summed E-state index contributed by atoms with van der Waals surface area (Å²) in [5.41, 5.74) is 0.845. The van der Waals surface area contributed by atoms with Crippen LogP contribution < -0.4 is 0 Å². The van der Waals surface area contributed by atoms with Crippen LogP contribution in [0.2, 0.25) is 0 Å². The van der Waals surface area contributed by atoms with Crippen molar-refractivity contribution in [3.63, 3.8) is 0 Å². The average molecular weight is 346 g/mol. The van der Waals surface area contributed by atoms with Crippen molar-refractivity contribution in [2.45, 2.75) is 13.1 Å². The van der Waals surface area contributed by atoms with Gasteiger partial charge in [0, 0.05) is 38.0 Å². The first kappa shape index (κ1) is 16.7. The van der Waals surface area contributed by atoms with Gasteiger partial charge in [-0.15, -0.1) is 5.10 Å². The second-order valence-electron chi connectivity index (χ2n) is 5.69. The van der Waals surface area contributed by atoms with Gasteiger partial charge >= 0.3 is 0 Å². The van der Waals surface area contributed by atoms with Gasteiger partial charge in [-0.1, -0.05) is 11.3 Å². The molecule has 0 saturated heterocycles. The zero-order valence-corrected chi connectivity index (χ0v) is 13.7. The highest BCUT2D eigenvalue weighted by Gasteiger charge is 2.18. The number of benzene rings is 1. The van der Waals surface area contributed by atoms with Crippen LogP contribution in [0.3, 0.4) is 0 Å². The van der Waals surface area contributed by atoms with Crippen LogP contribution in [0.25, 0.3) is 0 Å². The summed E-state index contributed by atoms with van der Waals surface area (Å²) >= 11 is 0. The topological polar surface area (TPSA) is 68.8 Å². The van der Waals surface area contributed by atoms with Crippen molar-refractivity contribution < 1.29 is 13.6 Å². The van der Waals surface area contributed by atoms with Gasteiger partial charge in [0.2, 0.25) is 0 Å². The number of nitrogens with zero attached hydrogens (tertiary/aromatic N) is 6. The quantitative estimate of drug-likeness (QED) is 0.704. The lowest BCUT2D eigenvalue weighted by Gasteiger charge is -2.14. The van der Waals surface area contributed by atoms with Crippen molar-refractivity contribution in [3.8, 4) is 0 Å². The molecule has 9 heteroatoms. The Hall–Kier alpha value is -3.10. The van der Waals surface area contributed by atoms with Crippen LogP contribution in [0.4, 0.5) is 8.78 Å². The first-order valence-corrected chi connectivity index (χ1v) is 7.50. The fourth-order valence-corrected chi connectivity index (χ4v) is 2.41. The van der Waals surface area contributed by atoms with Crippen LogP contribution in [0.5, 0.6) is 0 Å². The molecule has 7 nitrogen and oxygen atoms in total. The molecule has 0 N–H and O–H groups in total. The van der Waals surface area contributed by atoms with Gasteiger partial charge in [-0.25, -0.2) is 13.5 Å². The second-order valence-corrected chi connectivity index (χ2v) is 5.69. The Labute approximate surface area is 142 Å². The minimum absolute atomic E-state index is 0.100. The lowest BCUT2D eigenvalue weighted by molar-refractivity contribution is 0.0779. The highest BCUT2D eigenvalue weighted by atomic mass is 19.1. The van der Waals surface area contributed by atoms with E-state index in [1.54, 1.807) is 25.0 Å². The molecule has 1 amide bonds. The molecule has 0 bridgehead atoms. The summed E-state index contributed by atoms with van der Waals surface area (Å²) in [6.45, 7) is 0.215. The molecule has 130 valence electrons. The number of aryl methyl sites for hydroxylation is 1. The van der Waals surface area contributed by atoms with Crippen LogP contribution >= 0.6 is 0 Å². The van der Waals surface area contributed by atoms with Gasteiger partial charge in [-0.3, -0.25) is 9.48 Å². The van der Waals surface area contributed by atoms with E-state index in [2.05, 4.69) is 15.4 Å². The summed E-state index contributed by atoms with van der Waals surface area (Å²) in [6.07, 6.45) is 4.84. The fourth-order valence-electron chi connectivity index (χ4n) is 2.41. The van der Waals surface area contributed by atoms with E-state index in [0.29, 0.717) is 6.54 Å². The summed E-state index contributed by atoms with van der Waals surface area (Å²) in [5, 5.41) is 11.6. The molecule has 0 fully saturated rings. The molecule has 0 radical (unpaired) electrons. The van der Waals surface area contributed by atoms with E-state index >= 15 is 0 Å². The Bertz CT molecular complexity index is 883. The largest absolute Gasteiger partial charge is 0.336 e. The van der Waals surface area contributed by atoms with E-state index < -0.39 is 11.6 Å². The summed E-state index contributed by atoms with van der Waals surface area (Å²) in [6, 6.07) is 3.63. The Morgan fingerprint density at radius 3 is 2.60 bits per heavy atom. The molecule has 0 atom stereocenters. The number of amides is 1. The van der Waals surface area contributed by atoms with E-state index in [-0.39, 0.29) is 23.7 Å². The summed E-state index contributed by atoms with van der Waals surface area (Å²) in [4.78, 5) is 13.9. The molecule has 0 aliphatic carbocycles. The van der Waals surface area contributed by atoms with E-state index in [0.717, 1.165) is 5.56 Å². The zero-order valence-electron chi connectivity index (χ0n) is 13.7. The molecule has 0 aliphatic rings. The molecule has 2 aromatic heterocycles. The van der Waals surface area contributed by atoms with Gasteiger partial charge in [0.1, 0.15) is 11.6 Å². The first-order valence-electron chi connectivity index (χ1n) is 7.50. The van der Waals surface area contributed by atoms with Gasteiger partial charge in [-0.2, -0.15) is 5.10 Å². The highest BCUT2D eigenvalue weighted by molar-refractivity contribution is 5.91. The summed E-state index contributed by atoms with van der Waals surface area (Å²) in [7, 11) is 3.42. The van der Waals surface area contributed by atoms with Crippen molar-refractivity contribution in [3.05, 3.63) is 65.2 Å². The number of aromatic nitrogens is 5. The maximum Gasteiger partial charge on any atom is 0.276 e. The fraction of sp³-hybridized carbons (Fsp3) is 0.250. The Morgan fingerprint density at radius 1 is 1.24 bits per heavy atom. The monoisotopic (exact) mass is 346 g/mol. The van der Waals surface area contributed by atoms with Crippen LogP contribution in [-0.2, 0) is 20.1 Å². The van der Waals surface area contributed by atoms with Crippen molar-refractivity contribution in [1.82, 2.24) is 29.7 Å². The lowest BCUT2D eigenvalue weighted by Crippen LogP contribution is -2.26. The molecular formula is C16H16F2N6O. The summed E-state index contributed by atoms with van der Waals surface area (Å²) in [5.74, 6) is -1.68. The van der Waals surface area contributed by atoms with Crippen LogP contribution in [0.15, 0.2) is 36.8 Å². The Morgan fingerprint density at radius 2 is 1.96 bits per heavy atom. The van der Waals surface area contributed by atoms with Gasteiger partial charge < -0.3 is 4.90 Å². The maximum atomic E-state index is 13.7. The molecular weight excluding hydrogens is 330 g/mol. The summed E-state index contributed by atoms with van der Waals surface area (Å²) < 4.78 is 30.3. The van der Waals surface area contributed by atoms with Gasteiger partial charge in [0.15, 0.2) is 5.69 Å². The van der Waals surface area contributed by atoms with Gasteiger partial charge in [0.25, 0.3) is 5.91 Å². The Kier molecular flexibility index (Phi) is 4.55. The van der Waals surface area contributed by atoms with Gasteiger partial charge in [0.05, 0.1) is 18.9 Å². The van der Waals surface area contributed by atoms with E-state index in [1.165, 1.54) is 34.0 Å². The third kappa shape index (κ3) is 3.70. The molecule has 0 unspecified atom stereocenters. The first-order chi connectivity index (χ1) is 11.9. The van der Waals surface area contributed by atoms with Gasteiger partial charge in [-0.05, 0) is 12.1 Å². The highest BCUT2D eigenvalue weighted by Crippen LogP contribution is 2.13. The molecule has 3 rings (SSSR count). The predicted octanol–water partition coefficient (Wildman–Crippen LogP) is 1.61. The molecule has 0 saturated carbocycles. The normalized spacial score (nSPS) is 10.9. The lowest BCUT2D eigenvalue weighted by atomic mass is 10.2. The molecule has 0 spiro atoms. The Balaban J connectivity index is 1.71. The minimum Gasteiger partial charge on any atom is -0.336 e. The van der Waals surface area contributed by atoms with E-state index in [1.807, 2.05) is 6.20 Å². The number of carbonyl (C=O) groups excluding carboxylic acids is 1. The van der Waals surface area contributed by atoms with Crippen LogP contribution in [-0.4, -0.2) is 42.6 Å². The molecule has 1 aromatic carbocycles. The molecule has 3 aromatic rings. The number of hydrogen-bond donors (Lipinski definition) is 0. The molecule has 0 aliphatic heterocycles. The maximum absolute atomic E-state index is 13.7. The number of hydrogen-bond acceptors (Lipinski definition) is 4. The predicted molar refractivity (Wildman–Crippen MR) is 84.5 cm³/mol. The molecule has 25 heavy (non-hydrogen) atoms. The number of halogens is 2. The van der Waals surface area contributed by atoms with Crippen molar-refractivity contribution in [2.75, 3.05) is 7.05 Å². The third-order valence-corrected chi connectivity index (χ3v) is 3.66. The van der Waals surface area contributed by atoms with Crippen LogP contribution in [0, 0.1) is 11.6 Å². The van der Waals surface area contributed by atoms with E-state index in [9.17, 15) is 13.6 Å².